The molecule has 2 aromatic carbocycles. The number of rotatable bonds is 5. The summed E-state index contributed by atoms with van der Waals surface area (Å²) in [5.41, 5.74) is 3.53. The standard InChI is InChI=1S/C21H23ClN6OS/c1-27-8-7-14(11-27)23-19(29)12-3-6-17-16(9-12)24-20(28(17)2)26-21-25-15-5-4-13(22)10-18(15)30-21/h3-6,9-10,14,19,23,29H,7-8,11H2,1-2H3,(H,24,25,26). The molecule has 2 aromatic heterocycles. The van der Waals surface area contributed by atoms with Crippen LogP contribution in [0.25, 0.3) is 21.3 Å². The molecule has 5 rings (SSSR count). The van der Waals surface area contributed by atoms with E-state index in [0.29, 0.717) is 17.0 Å². The Balaban J connectivity index is 1.38. The van der Waals surface area contributed by atoms with Gasteiger partial charge in [-0.2, -0.15) is 0 Å². The predicted molar refractivity (Wildman–Crippen MR) is 123 cm³/mol. The molecule has 4 aromatic rings. The zero-order valence-electron chi connectivity index (χ0n) is 16.8. The van der Waals surface area contributed by atoms with Crippen LogP contribution in [0.5, 0.6) is 0 Å². The number of hydrogen-bond donors (Lipinski definition) is 3. The largest absolute Gasteiger partial charge is 0.374 e. The van der Waals surface area contributed by atoms with Gasteiger partial charge in [-0.1, -0.05) is 29.0 Å². The van der Waals surface area contributed by atoms with Crippen LogP contribution >= 0.6 is 22.9 Å². The monoisotopic (exact) mass is 442 g/mol. The van der Waals surface area contributed by atoms with Gasteiger partial charge >= 0.3 is 0 Å². The molecule has 0 spiro atoms. The van der Waals surface area contributed by atoms with Crippen molar-refractivity contribution in [2.75, 3.05) is 25.5 Å². The molecule has 9 heteroatoms. The second kappa shape index (κ2) is 7.79. The summed E-state index contributed by atoms with van der Waals surface area (Å²) in [5, 5.41) is 18.7. The van der Waals surface area contributed by atoms with Crippen LogP contribution in [0.15, 0.2) is 36.4 Å². The number of aryl methyl sites for hydroxylation is 1. The summed E-state index contributed by atoms with van der Waals surface area (Å²) in [6.45, 7) is 2.00. The number of halogens is 1. The Kier molecular flexibility index (Phi) is 5.12. The lowest BCUT2D eigenvalue weighted by atomic mass is 10.1. The number of hydrogen-bond acceptors (Lipinski definition) is 7. The highest BCUT2D eigenvalue weighted by Crippen LogP contribution is 2.31. The van der Waals surface area contributed by atoms with Crippen molar-refractivity contribution in [3.8, 4) is 0 Å². The van der Waals surface area contributed by atoms with Crippen LogP contribution in [0.1, 0.15) is 18.2 Å². The first-order chi connectivity index (χ1) is 14.5. The van der Waals surface area contributed by atoms with Gasteiger partial charge < -0.3 is 19.9 Å². The van der Waals surface area contributed by atoms with E-state index in [1.165, 1.54) is 11.3 Å². The Morgan fingerprint density at radius 2 is 2.03 bits per heavy atom. The van der Waals surface area contributed by atoms with E-state index in [0.717, 1.165) is 51.5 Å². The highest BCUT2D eigenvalue weighted by Gasteiger charge is 2.22. The van der Waals surface area contributed by atoms with E-state index in [9.17, 15) is 5.11 Å². The molecule has 0 aliphatic carbocycles. The maximum atomic E-state index is 10.6. The van der Waals surface area contributed by atoms with Crippen LogP contribution in [0.3, 0.4) is 0 Å². The van der Waals surface area contributed by atoms with Crippen LogP contribution < -0.4 is 10.6 Å². The first-order valence-corrected chi connectivity index (χ1v) is 11.1. The lowest BCUT2D eigenvalue weighted by molar-refractivity contribution is 0.124. The fourth-order valence-corrected chi connectivity index (χ4v) is 5.07. The normalized spacial score (nSPS) is 18.5. The summed E-state index contributed by atoms with van der Waals surface area (Å²) >= 11 is 7.62. The Morgan fingerprint density at radius 3 is 2.83 bits per heavy atom. The van der Waals surface area contributed by atoms with Crippen molar-refractivity contribution in [1.29, 1.82) is 0 Å². The number of benzene rings is 2. The molecule has 30 heavy (non-hydrogen) atoms. The van der Waals surface area contributed by atoms with Crippen LogP contribution in [-0.4, -0.2) is 50.7 Å². The minimum Gasteiger partial charge on any atom is -0.374 e. The number of anilines is 2. The quantitative estimate of drug-likeness (QED) is 0.407. The highest BCUT2D eigenvalue weighted by atomic mass is 35.5. The van der Waals surface area contributed by atoms with Crippen molar-refractivity contribution < 1.29 is 5.11 Å². The summed E-state index contributed by atoms with van der Waals surface area (Å²) in [5.74, 6) is 0.701. The number of aliphatic hydroxyl groups is 1. The van der Waals surface area contributed by atoms with Gasteiger partial charge in [0.05, 0.1) is 21.3 Å². The number of likely N-dealkylation sites (tertiary alicyclic amines) is 1. The van der Waals surface area contributed by atoms with Crippen LogP contribution in [0.4, 0.5) is 11.1 Å². The number of nitrogens with one attached hydrogen (secondary N) is 2. The zero-order chi connectivity index (χ0) is 20.8. The molecule has 1 fully saturated rings. The summed E-state index contributed by atoms with van der Waals surface area (Å²) in [6, 6.07) is 11.8. The predicted octanol–water partition coefficient (Wildman–Crippen LogP) is 3.86. The lowest BCUT2D eigenvalue weighted by Gasteiger charge is -2.18. The van der Waals surface area contributed by atoms with Gasteiger partial charge in [0.15, 0.2) is 5.13 Å². The van der Waals surface area contributed by atoms with Crippen LogP contribution in [-0.2, 0) is 7.05 Å². The average Bonchev–Trinajstić information content (AvgIpc) is 3.39. The number of aromatic nitrogens is 3. The Morgan fingerprint density at radius 1 is 1.17 bits per heavy atom. The summed E-state index contributed by atoms with van der Waals surface area (Å²) in [4.78, 5) is 11.6. The molecule has 3 heterocycles. The lowest BCUT2D eigenvalue weighted by Crippen LogP contribution is -2.34. The van der Waals surface area contributed by atoms with Gasteiger partial charge in [0, 0.05) is 24.7 Å². The molecule has 1 aliphatic rings. The molecule has 3 N–H and O–H groups in total. The first kappa shape index (κ1) is 19.7. The number of fused-ring (bicyclic) bond motifs is 2. The SMILES string of the molecule is CN1CCC(NC(O)c2ccc3c(c2)nc(Nc2nc4ccc(Cl)cc4s2)n3C)C1. The van der Waals surface area contributed by atoms with Crippen molar-refractivity contribution in [2.45, 2.75) is 18.7 Å². The Hall–Kier alpha value is -2.23. The van der Waals surface area contributed by atoms with Gasteiger partial charge in [-0.25, -0.2) is 9.97 Å². The van der Waals surface area contributed by atoms with E-state index in [1.54, 1.807) is 0 Å². The average molecular weight is 443 g/mol. The van der Waals surface area contributed by atoms with Gasteiger partial charge in [0.2, 0.25) is 5.95 Å². The molecular weight excluding hydrogens is 420 g/mol. The van der Waals surface area contributed by atoms with Crippen LogP contribution in [0.2, 0.25) is 5.02 Å². The summed E-state index contributed by atoms with van der Waals surface area (Å²) < 4.78 is 3.02. The van der Waals surface area contributed by atoms with Crippen molar-refractivity contribution >= 4 is 55.3 Å². The van der Waals surface area contributed by atoms with E-state index < -0.39 is 6.23 Å². The number of imidazole rings is 1. The Bertz CT molecular complexity index is 1220. The van der Waals surface area contributed by atoms with Crippen molar-refractivity contribution in [2.24, 2.45) is 7.05 Å². The van der Waals surface area contributed by atoms with E-state index in [-0.39, 0.29) is 0 Å². The summed E-state index contributed by atoms with van der Waals surface area (Å²) in [6.07, 6.45) is 0.333. The maximum Gasteiger partial charge on any atom is 0.209 e. The Labute approximate surface area is 183 Å². The van der Waals surface area contributed by atoms with E-state index in [4.69, 9.17) is 16.6 Å². The fourth-order valence-electron chi connectivity index (χ4n) is 3.94. The maximum absolute atomic E-state index is 10.6. The van der Waals surface area contributed by atoms with Gasteiger partial charge in [0.25, 0.3) is 0 Å². The van der Waals surface area contributed by atoms with Gasteiger partial charge in [-0.05, 0) is 55.9 Å². The zero-order valence-corrected chi connectivity index (χ0v) is 18.3. The number of thiazole rings is 1. The minimum atomic E-state index is -0.710. The molecule has 1 aliphatic heterocycles. The van der Waals surface area contributed by atoms with E-state index >= 15 is 0 Å². The van der Waals surface area contributed by atoms with Gasteiger partial charge in [0.1, 0.15) is 6.23 Å². The second-order valence-corrected chi connectivity index (χ2v) is 9.28. The third kappa shape index (κ3) is 3.77. The molecule has 1 saturated heterocycles. The number of nitrogens with zero attached hydrogens (tertiary/aromatic N) is 4. The third-order valence-electron chi connectivity index (χ3n) is 5.57. The van der Waals surface area contributed by atoms with Crippen molar-refractivity contribution in [3.63, 3.8) is 0 Å². The fraction of sp³-hybridized carbons (Fsp3) is 0.333. The van der Waals surface area contributed by atoms with Crippen molar-refractivity contribution in [3.05, 3.63) is 47.0 Å². The molecule has 0 saturated carbocycles. The first-order valence-electron chi connectivity index (χ1n) is 9.88. The summed E-state index contributed by atoms with van der Waals surface area (Å²) in [7, 11) is 4.06. The molecular formula is C21H23ClN6OS. The van der Waals surface area contributed by atoms with E-state index in [1.807, 2.05) is 48.0 Å². The number of aliphatic hydroxyl groups excluding tert-OH is 1. The topological polar surface area (TPSA) is 78.2 Å². The smallest absolute Gasteiger partial charge is 0.209 e. The number of likely N-dealkylation sites (N-methyl/N-ethyl adjacent to an activating group) is 1. The molecule has 2 atom stereocenters. The molecule has 2 unspecified atom stereocenters. The van der Waals surface area contributed by atoms with Crippen LogP contribution in [0, 0.1) is 0 Å². The molecule has 0 radical (unpaired) electrons. The molecule has 156 valence electrons. The molecule has 7 nitrogen and oxygen atoms in total. The van der Waals surface area contributed by atoms with Gasteiger partial charge in [-0.3, -0.25) is 5.32 Å². The highest BCUT2D eigenvalue weighted by molar-refractivity contribution is 7.22. The minimum absolute atomic E-state index is 0.300. The third-order valence-corrected chi connectivity index (χ3v) is 6.74. The van der Waals surface area contributed by atoms with Crippen molar-refractivity contribution in [1.82, 2.24) is 24.8 Å². The second-order valence-electron chi connectivity index (χ2n) is 7.82. The molecule has 0 amide bonds. The van der Waals surface area contributed by atoms with E-state index in [2.05, 4.69) is 27.6 Å². The molecule has 0 bridgehead atoms. The van der Waals surface area contributed by atoms with Gasteiger partial charge in [-0.15, -0.1) is 0 Å².